The third kappa shape index (κ3) is 2.31. The zero-order valence-electron chi connectivity index (χ0n) is 10.1. The number of carboxylic acid groups (broad SMARTS) is 1. The minimum absolute atomic E-state index is 0.0755. The predicted octanol–water partition coefficient (Wildman–Crippen LogP) is 1.45. The summed E-state index contributed by atoms with van der Waals surface area (Å²) >= 11 is 0. The molecular formula is C11H17N3O3. The third-order valence-corrected chi connectivity index (χ3v) is 3.02. The first-order chi connectivity index (χ1) is 8.11. The highest BCUT2D eigenvalue weighted by molar-refractivity contribution is 5.86. The fourth-order valence-corrected chi connectivity index (χ4v) is 2.19. The second-order valence-electron chi connectivity index (χ2n) is 4.57. The van der Waals surface area contributed by atoms with Gasteiger partial charge in [0.1, 0.15) is 0 Å². The van der Waals surface area contributed by atoms with E-state index in [1.807, 2.05) is 13.8 Å². The van der Waals surface area contributed by atoms with Crippen molar-refractivity contribution < 1.29 is 14.6 Å². The summed E-state index contributed by atoms with van der Waals surface area (Å²) in [6.07, 6.45) is 1.73. The Labute approximate surface area is 99.6 Å². The summed E-state index contributed by atoms with van der Waals surface area (Å²) in [6, 6.07) is 0.210. The Morgan fingerprint density at radius 2 is 2.12 bits per heavy atom. The number of carbonyl (C=O) groups is 1. The lowest BCUT2D eigenvalue weighted by Gasteiger charge is -2.24. The first-order valence-electron chi connectivity index (χ1n) is 5.87. The van der Waals surface area contributed by atoms with Gasteiger partial charge in [-0.05, 0) is 18.8 Å². The highest BCUT2D eigenvalue weighted by Gasteiger charge is 2.26. The molecule has 6 heteroatoms. The fourth-order valence-electron chi connectivity index (χ4n) is 2.19. The van der Waals surface area contributed by atoms with Crippen LogP contribution in [0, 0.1) is 0 Å². The summed E-state index contributed by atoms with van der Waals surface area (Å²) in [5.74, 6) is -0.911. The number of nitrogens with zero attached hydrogens (tertiary/aromatic N) is 3. The van der Waals surface area contributed by atoms with Crippen LogP contribution in [0.4, 0.5) is 0 Å². The van der Waals surface area contributed by atoms with Gasteiger partial charge in [0.25, 0.3) is 0 Å². The van der Waals surface area contributed by atoms with E-state index in [2.05, 4.69) is 10.3 Å². The molecule has 0 unspecified atom stereocenters. The van der Waals surface area contributed by atoms with E-state index in [1.54, 1.807) is 4.68 Å². The number of rotatable bonds is 3. The van der Waals surface area contributed by atoms with E-state index in [4.69, 9.17) is 9.84 Å². The molecule has 2 rings (SSSR count). The molecule has 0 atom stereocenters. The van der Waals surface area contributed by atoms with Gasteiger partial charge >= 0.3 is 5.97 Å². The number of aromatic carboxylic acids is 1. The van der Waals surface area contributed by atoms with E-state index in [0.29, 0.717) is 18.9 Å². The Morgan fingerprint density at radius 3 is 2.65 bits per heavy atom. The van der Waals surface area contributed by atoms with Crippen LogP contribution in [0.5, 0.6) is 0 Å². The van der Waals surface area contributed by atoms with Gasteiger partial charge in [-0.2, -0.15) is 0 Å². The Kier molecular flexibility index (Phi) is 3.42. The van der Waals surface area contributed by atoms with Crippen molar-refractivity contribution in [2.45, 2.75) is 38.6 Å². The van der Waals surface area contributed by atoms with Crippen molar-refractivity contribution in [2.75, 3.05) is 13.2 Å². The molecule has 1 saturated heterocycles. The highest BCUT2D eigenvalue weighted by Crippen LogP contribution is 2.26. The minimum Gasteiger partial charge on any atom is -0.476 e. The predicted molar refractivity (Wildman–Crippen MR) is 60.2 cm³/mol. The summed E-state index contributed by atoms with van der Waals surface area (Å²) in [7, 11) is 0. The molecule has 0 aliphatic carbocycles. The lowest BCUT2D eigenvalue weighted by molar-refractivity contribution is 0.0645. The summed E-state index contributed by atoms with van der Waals surface area (Å²) in [5, 5.41) is 16.9. The Bertz CT molecular complexity index is 408. The maximum absolute atomic E-state index is 11.1. The SMILES string of the molecule is CC(C)c1c(C(=O)O)nnn1C1CCOCC1. The molecule has 0 spiro atoms. The van der Waals surface area contributed by atoms with Gasteiger partial charge in [-0.15, -0.1) is 5.10 Å². The van der Waals surface area contributed by atoms with Gasteiger partial charge in [-0.1, -0.05) is 19.1 Å². The molecule has 1 fully saturated rings. The lowest BCUT2D eigenvalue weighted by atomic mass is 10.0. The number of hydrogen-bond acceptors (Lipinski definition) is 4. The summed E-state index contributed by atoms with van der Waals surface area (Å²) in [5.41, 5.74) is 0.788. The number of carboxylic acids is 1. The molecule has 6 nitrogen and oxygen atoms in total. The fraction of sp³-hybridized carbons (Fsp3) is 0.727. The van der Waals surface area contributed by atoms with Crippen molar-refractivity contribution in [3.05, 3.63) is 11.4 Å². The molecule has 1 aliphatic heterocycles. The maximum Gasteiger partial charge on any atom is 0.358 e. The van der Waals surface area contributed by atoms with Gasteiger partial charge in [-0.3, -0.25) is 0 Å². The molecular weight excluding hydrogens is 222 g/mol. The van der Waals surface area contributed by atoms with E-state index < -0.39 is 5.97 Å². The summed E-state index contributed by atoms with van der Waals surface area (Å²) < 4.78 is 7.07. The Balaban J connectivity index is 2.35. The van der Waals surface area contributed by atoms with Crippen LogP contribution < -0.4 is 0 Å². The molecule has 0 amide bonds. The Hall–Kier alpha value is -1.43. The Morgan fingerprint density at radius 1 is 1.47 bits per heavy atom. The summed E-state index contributed by atoms with van der Waals surface area (Å²) in [4.78, 5) is 11.1. The van der Waals surface area contributed by atoms with Gasteiger partial charge in [0, 0.05) is 13.2 Å². The molecule has 2 heterocycles. The molecule has 0 bridgehead atoms. The van der Waals surface area contributed by atoms with Crippen LogP contribution in [0.3, 0.4) is 0 Å². The monoisotopic (exact) mass is 239 g/mol. The molecule has 1 aromatic rings. The first-order valence-corrected chi connectivity index (χ1v) is 5.87. The van der Waals surface area contributed by atoms with E-state index in [-0.39, 0.29) is 17.7 Å². The van der Waals surface area contributed by atoms with Gasteiger partial charge < -0.3 is 9.84 Å². The molecule has 0 aromatic carbocycles. The van der Waals surface area contributed by atoms with Crippen molar-refractivity contribution in [1.29, 1.82) is 0 Å². The van der Waals surface area contributed by atoms with Gasteiger partial charge in [0.05, 0.1) is 11.7 Å². The first kappa shape index (κ1) is 12.0. The van der Waals surface area contributed by atoms with Crippen molar-refractivity contribution >= 4 is 5.97 Å². The van der Waals surface area contributed by atoms with Crippen LogP contribution in [0.2, 0.25) is 0 Å². The second-order valence-corrected chi connectivity index (χ2v) is 4.57. The van der Waals surface area contributed by atoms with Gasteiger partial charge in [0.15, 0.2) is 5.69 Å². The van der Waals surface area contributed by atoms with Crippen molar-refractivity contribution in [3.8, 4) is 0 Å². The summed E-state index contributed by atoms with van der Waals surface area (Å²) in [6.45, 7) is 5.32. The minimum atomic E-state index is -1.01. The average molecular weight is 239 g/mol. The quantitative estimate of drug-likeness (QED) is 0.863. The average Bonchev–Trinajstić information content (AvgIpc) is 2.74. The zero-order chi connectivity index (χ0) is 12.4. The van der Waals surface area contributed by atoms with Crippen LogP contribution in [-0.2, 0) is 4.74 Å². The smallest absolute Gasteiger partial charge is 0.358 e. The largest absolute Gasteiger partial charge is 0.476 e. The molecule has 94 valence electrons. The van der Waals surface area contributed by atoms with Gasteiger partial charge in [0.2, 0.25) is 0 Å². The molecule has 0 radical (unpaired) electrons. The van der Waals surface area contributed by atoms with E-state index in [1.165, 1.54) is 0 Å². The number of ether oxygens (including phenoxy) is 1. The molecule has 1 N–H and O–H groups in total. The van der Waals surface area contributed by atoms with Crippen LogP contribution >= 0.6 is 0 Å². The standard InChI is InChI=1S/C11H17N3O3/c1-7(2)10-9(11(15)16)12-13-14(10)8-3-5-17-6-4-8/h7-8H,3-6H2,1-2H3,(H,15,16). The zero-order valence-corrected chi connectivity index (χ0v) is 10.1. The molecule has 0 saturated carbocycles. The van der Waals surface area contributed by atoms with E-state index in [0.717, 1.165) is 12.8 Å². The molecule has 1 aromatic heterocycles. The molecule has 17 heavy (non-hydrogen) atoms. The third-order valence-electron chi connectivity index (χ3n) is 3.02. The lowest BCUT2D eigenvalue weighted by Crippen LogP contribution is -2.23. The second kappa shape index (κ2) is 4.83. The number of aromatic nitrogens is 3. The van der Waals surface area contributed by atoms with Crippen molar-refractivity contribution in [3.63, 3.8) is 0 Å². The van der Waals surface area contributed by atoms with Crippen LogP contribution in [0.1, 0.15) is 54.8 Å². The molecule has 1 aliphatic rings. The highest BCUT2D eigenvalue weighted by atomic mass is 16.5. The van der Waals surface area contributed by atoms with Crippen molar-refractivity contribution in [2.24, 2.45) is 0 Å². The van der Waals surface area contributed by atoms with Crippen LogP contribution in [0.25, 0.3) is 0 Å². The van der Waals surface area contributed by atoms with E-state index in [9.17, 15) is 4.79 Å². The van der Waals surface area contributed by atoms with E-state index >= 15 is 0 Å². The topological polar surface area (TPSA) is 77.2 Å². The van der Waals surface area contributed by atoms with Crippen molar-refractivity contribution in [1.82, 2.24) is 15.0 Å². The number of hydrogen-bond donors (Lipinski definition) is 1. The maximum atomic E-state index is 11.1. The normalized spacial score (nSPS) is 17.6. The van der Waals surface area contributed by atoms with Crippen LogP contribution in [0.15, 0.2) is 0 Å². The van der Waals surface area contributed by atoms with Crippen LogP contribution in [-0.4, -0.2) is 39.3 Å². The van der Waals surface area contributed by atoms with Gasteiger partial charge in [-0.25, -0.2) is 9.48 Å².